The van der Waals surface area contributed by atoms with Gasteiger partial charge in [0, 0.05) is 0 Å². The van der Waals surface area contributed by atoms with Crippen LogP contribution in [0.2, 0.25) is 0 Å². The van der Waals surface area contributed by atoms with Gasteiger partial charge in [0.1, 0.15) is 0 Å². The lowest BCUT2D eigenvalue weighted by molar-refractivity contribution is -0.121. The van der Waals surface area contributed by atoms with E-state index in [4.69, 9.17) is 0 Å². The van der Waals surface area contributed by atoms with Gasteiger partial charge >= 0.3 is 0 Å². The summed E-state index contributed by atoms with van der Waals surface area (Å²) in [6.45, 7) is 8.02. The predicted molar refractivity (Wildman–Crippen MR) is 65.7 cm³/mol. The van der Waals surface area contributed by atoms with Crippen molar-refractivity contribution in [1.29, 1.82) is 0 Å². The van der Waals surface area contributed by atoms with Crippen LogP contribution in [0.25, 0.3) is 0 Å². The van der Waals surface area contributed by atoms with Crippen LogP contribution in [0.15, 0.2) is 0 Å². The molecular formula is C12H21NO3S. The molecule has 0 aromatic rings. The summed E-state index contributed by atoms with van der Waals surface area (Å²) in [4.78, 5) is 12.0. The number of hydrogen-bond acceptors (Lipinski definition) is 3. The topological polar surface area (TPSA) is 63.2 Å². The molecule has 0 aliphatic heterocycles. The van der Waals surface area contributed by atoms with Gasteiger partial charge in [0.05, 0.1) is 11.7 Å². The van der Waals surface area contributed by atoms with Crippen molar-refractivity contribution in [2.75, 3.05) is 5.75 Å². The molecule has 17 heavy (non-hydrogen) atoms. The number of nitrogens with one attached hydrogen (secondary N) is 1. The van der Waals surface area contributed by atoms with E-state index in [1.54, 1.807) is 0 Å². The van der Waals surface area contributed by atoms with Gasteiger partial charge in [-0.05, 0) is 29.6 Å². The molecule has 0 saturated heterocycles. The van der Waals surface area contributed by atoms with Crippen LogP contribution in [-0.2, 0) is 14.8 Å². The Morgan fingerprint density at radius 3 is 2.00 bits per heavy atom. The second-order valence-electron chi connectivity index (χ2n) is 6.57. The normalized spacial score (nSPS) is 26.6. The van der Waals surface area contributed by atoms with E-state index in [0.29, 0.717) is 0 Å². The zero-order chi connectivity index (χ0) is 13.1. The van der Waals surface area contributed by atoms with Crippen molar-refractivity contribution in [3.63, 3.8) is 0 Å². The Hall–Kier alpha value is -0.580. The molecule has 0 bridgehead atoms. The molecular weight excluding hydrogens is 238 g/mol. The van der Waals surface area contributed by atoms with Crippen molar-refractivity contribution in [2.45, 2.75) is 40.5 Å². The van der Waals surface area contributed by atoms with Crippen molar-refractivity contribution in [3.05, 3.63) is 0 Å². The van der Waals surface area contributed by atoms with Gasteiger partial charge in [-0.1, -0.05) is 27.7 Å². The van der Waals surface area contributed by atoms with E-state index in [1.165, 1.54) is 0 Å². The zero-order valence-corrected chi connectivity index (χ0v) is 11.7. The maximum atomic E-state index is 12.0. The summed E-state index contributed by atoms with van der Waals surface area (Å²) in [6, 6.07) is 0. The lowest BCUT2D eigenvalue weighted by Gasteiger charge is -2.07. The third-order valence-electron chi connectivity index (χ3n) is 4.69. The van der Waals surface area contributed by atoms with Gasteiger partial charge in [0.25, 0.3) is 0 Å². The minimum atomic E-state index is -3.42. The van der Waals surface area contributed by atoms with Crippen LogP contribution < -0.4 is 4.72 Å². The monoisotopic (exact) mass is 259 g/mol. The van der Waals surface area contributed by atoms with Crippen LogP contribution in [0.5, 0.6) is 0 Å². The molecule has 0 aromatic heterocycles. The third kappa shape index (κ3) is 2.21. The maximum absolute atomic E-state index is 12.0. The SMILES string of the molecule is CC1(C)C(C(=O)NS(=O)(=O)CC2CC2)C1(C)C. The summed E-state index contributed by atoms with van der Waals surface area (Å²) in [6.07, 6.45) is 1.94. The Kier molecular flexibility index (Phi) is 2.62. The zero-order valence-electron chi connectivity index (χ0n) is 10.9. The molecule has 0 heterocycles. The first kappa shape index (κ1) is 12.9. The number of sulfonamides is 1. The standard InChI is InChI=1S/C12H21NO3S/c1-11(2)9(12(11,3)4)10(14)13-17(15,16)7-8-5-6-8/h8-9H,5-7H2,1-4H3,(H,13,14). The van der Waals surface area contributed by atoms with Crippen LogP contribution in [0.4, 0.5) is 0 Å². The van der Waals surface area contributed by atoms with E-state index in [0.717, 1.165) is 12.8 Å². The van der Waals surface area contributed by atoms with E-state index in [-0.39, 0.29) is 34.3 Å². The fourth-order valence-corrected chi connectivity index (χ4v) is 4.16. The first-order chi connectivity index (χ1) is 7.58. The van der Waals surface area contributed by atoms with E-state index < -0.39 is 10.0 Å². The quantitative estimate of drug-likeness (QED) is 0.832. The highest BCUT2D eigenvalue weighted by atomic mass is 32.2. The number of carbonyl (C=O) groups excluding carboxylic acids is 1. The van der Waals surface area contributed by atoms with E-state index >= 15 is 0 Å². The smallest absolute Gasteiger partial charge is 0.237 e. The lowest BCUT2D eigenvalue weighted by Crippen LogP contribution is -2.35. The van der Waals surface area contributed by atoms with Crippen LogP contribution in [0, 0.1) is 22.7 Å². The number of amides is 1. The molecule has 2 aliphatic rings. The maximum Gasteiger partial charge on any atom is 0.237 e. The average molecular weight is 259 g/mol. The Balaban J connectivity index is 1.99. The molecule has 2 aliphatic carbocycles. The lowest BCUT2D eigenvalue weighted by atomic mass is 10.0. The Labute approximate surface area is 103 Å². The van der Waals surface area contributed by atoms with Crippen molar-refractivity contribution < 1.29 is 13.2 Å². The fourth-order valence-electron chi connectivity index (χ4n) is 2.70. The minimum absolute atomic E-state index is 0.103. The highest BCUT2D eigenvalue weighted by Crippen LogP contribution is 2.68. The second kappa shape index (κ2) is 3.46. The average Bonchev–Trinajstić information content (AvgIpc) is 2.90. The Bertz CT molecular complexity index is 432. The molecule has 0 atom stereocenters. The summed E-state index contributed by atoms with van der Waals surface area (Å²) < 4.78 is 25.7. The molecule has 1 N–H and O–H groups in total. The van der Waals surface area contributed by atoms with Gasteiger partial charge in [0.2, 0.25) is 15.9 Å². The molecule has 1 amide bonds. The van der Waals surface area contributed by atoms with Crippen molar-refractivity contribution in [2.24, 2.45) is 22.7 Å². The van der Waals surface area contributed by atoms with Gasteiger partial charge < -0.3 is 0 Å². The van der Waals surface area contributed by atoms with Crippen molar-refractivity contribution >= 4 is 15.9 Å². The molecule has 5 heteroatoms. The van der Waals surface area contributed by atoms with E-state index in [2.05, 4.69) is 4.72 Å². The van der Waals surface area contributed by atoms with Crippen LogP contribution in [0.1, 0.15) is 40.5 Å². The van der Waals surface area contributed by atoms with Gasteiger partial charge in [-0.25, -0.2) is 8.42 Å². The van der Waals surface area contributed by atoms with E-state index in [9.17, 15) is 13.2 Å². The van der Waals surface area contributed by atoms with Crippen molar-refractivity contribution in [1.82, 2.24) is 4.72 Å². The van der Waals surface area contributed by atoms with Crippen LogP contribution in [-0.4, -0.2) is 20.1 Å². The van der Waals surface area contributed by atoms with E-state index in [1.807, 2.05) is 27.7 Å². The molecule has 98 valence electrons. The molecule has 2 saturated carbocycles. The summed E-state index contributed by atoms with van der Waals surface area (Å²) in [5.74, 6) is -0.170. The second-order valence-corrected chi connectivity index (χ2v) is 8.33. The van der Waals surface area contributed by atoms with Gasteiger partial charge in [-0.2, -0.15) is 0 Å². The molecule has 2 fully saturated rings. The molecule has 0 aromatic carbocycles. The van der Waals surface area contributed by atoms with Gasteiger partial charge in [0.15, 0.2) is 0 Å². The molecule has 0 radical (unpaired) electrons. The summed E-state index contributed by atoms with van der Waals surface area (Å²) in [5.41, 5.74) is -0.238. The predicted octanol–water partition coefficient (Wildman–Crippen LogP) is 1.52. The highest BCUT2D eigenvalue weighted by molar-refractivity contribution is 7.90. The first-order valence-corrected chi connectivity index (χ1v) is 7.77. The van der Waals surface area contributed by atoms with Gasteiger partial charge in [-0.15, -0.1) is 0 Å². The Morgan fingerprint density at radius 2 is 1.65 bits per heavy atom. The number of carbonyl (C=O) groups is 1. The fraction of sp³-hybridized carbons (Fsp3) is 0.917. The van der Waals surface area contributed by atoms with Gasteiger partial charge in [-0.3, -0.25) is 9.52 Å². The van der Waals surface area contributed by atoms with Crippen molar-refractivity contribution in [3.8, 4) is 0 Å². The molecule has 0 spiro atoms. The highest BCUT2D eigenvalue weighted by Gasteiger charge is 2.68. The number of rotatable bonds is 4. The molecule has 0 unspecified atom stereocenters. The summed E-state index contributed by atoms with van der Waals surface area (Å²) >= 11 is 0. The molecule has 2 rings (SSSR count). The third-order valence-corrected chi connectivity index (χ3v) is 6.11. The molecule has 4 nitrogen and oxygen atoms in total. The largest absolute Gasteiger partial charge is 0.274 e. The summed E-state index contributed by atoms with van der Waals surface area (Å²) in [7, 11) is -3.42. The minimum Gasteiger partial charge on any atom is -0.274 e. The Morgan fingerprint density at radius 1 is 1.18 bits per heavy atom. The van der Waals surface area contributed by atoms with Crippen LogP contribution >= 0.6 is 0 Å². The summed E-state index contributed by atoms with van der Waals surface area (Å²) in [5, 5.41) is 0. The number of hydrogen-bond donors (Lipinski definition) is 1. The van der Waals surface area contributed by atoms with Crippen LogP contribution in [0.3, 0.4) is 0 Å². The first-order valence-electron chi connectivity index (χ1n) is 6.12.